The highest BCUT2D eigenvalue weighted by Crippen LogP contribution is 2.24. The van der Waals surface area contributed by atoms with E-state index >= 15 is 0 Å². The van der Waals surface area contributed by atoms with Crippen molar-refractivity contribution in [2.75, 3.05) is 5.32 Å². The molecule has 1 amide bonds. The Balaban J connectivity index is 1.69. The molecule has 3 aromatic rings. The maximum absolute atomic E-state index is 12.6. The minimum absolute atomic E-state index is 0.176. The van der Waals surface area contributed by atoms with E-state index in [-0.39, 0.29) is 11.4 Å². The molecule has 5 nitrogen and oxygen atoms in total. The molecule has 30 heavy (non-hydrogen) atoms. The average Bonchev–Trinajstić information content (AvgIpc) is 3.12. The fourth-order valence-corrected chi connectivity index (χ4v) is 2.90. The van der Waals surface area contributed by atoms with Gasteiger partial charge in [-0.25, -0.2) is 0 Å². The maximum Gasteiger partial charge on any atom is 0.573 e. The van der Waals surface area contributed by atoms with Gasteiger partial charge in [-0.05, 0) is 66.9 Å². The number of alkyl halides is 3. The Kier molecular flexibility index (Phi) is 5.96. The van der Waals surface area contributed by atoms with Crippen LogP contribution in [0.25, 0.3) is 0 Å². The number of ether oxygens (including phenoxy) is 1. The Morgan fingerprint density at radius 1 is 1.00 bits per heavy atom. The van der Waals surface area contributed by atoms with E-state index < -0.39 is 23.8 Å². The molecular formula is C22H19F3N2O3. The van der Waals surface area contributed by atoms with Gasteiger partial charge in [0.15, 0.2) is 0 Å². The van der Waals surface area contributed by atoms with Crippen LogP contribution in [-0.4, -0.2) is 22.6 Å². The third-order valence-corrected chi connectivity index (χ3v) is 4.54. The number of ketones is 1. The zero-order valence-electron chi connectivity index (χ0n) is 16.3. The topological polar surface area (TPSA) is 60.3 Å². The second-order valence-electron chi connectivity index (χ2n) is 6.80. The number of aryl methyl sites for hydroxylation is 2. The molecule has 0 radical (unpaired) electrons. The van der Waals surface area contributed by atoms with Crippen molar-refractivity contribution in [3.8, 4) is 5.75 Å². The van der Waals surface area contributed by atoms with E-state index in [2.05, 4.69) is 10.1 Å². The summed E-state index contributed by atoms with van der Waals surface area (Å²) in [6.07, 6.45) is -3.10. The lowest BCUT2D eigenvalue weighted by atomic mass is 10.1. The first-order valence-corrected chi connectivity index (χ1v) is 9.05. The van der Waals surface area contributed by atoms with Gasteiger partial charge in [-0.1, -0.05) is 18.2 Å². The zero-order chi connectivity index (χ0) is 21.9. The predicted octanol–water partition coefficient (Wildman–Crippen LogP) is 4.87. The number of nitrogens with one attached hydrogen (secondary N) is 1. The number of carbonyl (C=O) groups is 2. The Morgan fingerprint density at radius 3 is 2.33 bits per heavy atom. The van der Waals surface area contributed by atoms with Crippen LogP contribution in [-0.2, 0) is 11.3 Å². The Bertz CT molecular complexity index is 1070. The minimum Gasteiger partial charge on any atom is -0.406 e. The molecule has 0 bridgehead atoms. The van der Waals surface area contributed by atoms with E-state index in [1.807, 2.05) is 32.0 Å². The van der Waals surface area contributed by atoms with Crippen LogP contribution in [0.3, 0.4) is 0 Å². The van der Waals surface area contributed by atoms with E-state index in [9.17, 15) is 22.8 Å². The number of amides is 1. The molecule has 0 saturated heterocycles. The minimum atomic E-state index is -4.80. The SMILES string of the molecule is Cc1ccc(Cn2cccc2C(=O)C(=O)Nc2ccc(OC(F)(F)F)cc2)cc1C. The fourth-order valence-electron chi connectivity index (χ4n) is 2.90. The molecule has 0 aliphatic carbocycles. The van der Waals surface area contributed by atoms with Crippen LogP contribution in [0.15, 0.2) is 60.8 Å². The number of rotatable bonds is 6. The maximum atomic E-state index is 12.6. The zero-order valence-corrected chi connectivity index (χ0v) is 16.3. The molecule has 0 spiro atoms. The summed E-state index contributed by atoms with van der Waals surface area (Å²) in [6, 6.07) is 13.7. The summed E-state index contributed by atoms with van der Waals surface area (Å²) in [6.45, 7) is 4.43. The van der Waals surface area contributed by atoms with E-state index in [0.29, 0.717) is 6.54 Å². The number of aromatic nitrogens is 1. The molecule has 1 N–H and O–H groups in total. The number of carbonyl (C=O) groups excluding carboxylic acids is 2. The fraction of sp³-hybridized carbons (Fsp3) is 0.182. The number of halogens is 3. The van der Waals surface area contributed by atoms with Crippen molar-refractivity contribution in [2.45, 2.75) is 26.8 Å². The van der Waals surface area contributed by atoms with Gasteiger partial charge in [0.25, 0.3) is 11.7 Å². The van der Waals surface area contributed by atoms with Crippen molar-refractivity contribution in [1.29, 1.82) is 0 Å². The van der Waals surface area contributed by atoms with Crippen molar-refractivity contribution < 1.29 is 27.5 Å². The van der Waals surface area contributed by atoms with Crippen LogP contribution in [0.2, 0.25) is 0 Å². The molecule has 2 aromatic carbocycles. The summed E-state index contributed by atoms with van der Waals surface area (Å²) in [5.74, 6) is -2.06. The van der Waals surface area contributed by atoms with Gasteiger partial charge in [-0.2, -0.15) is 0 Å². The molecule has 1 heterocycles. The van der Waals surface area contributed by atoms with Crippen LogP contribution in [0, 0.1) is 13.8 Å². The standard InChI is InChI=1S/C22H19F3N2O3/c1-14-5-6-16(12-15(14)2)13-27-11-3-4-19(27)20(28)21(29)26-17-7-9-18(10-8-17)30-22(23,24)25/h3-12H,13H2,1-2H3,(H,26,29). The summed E-state index contributed by atoms with van der Waals surface area (Å²) >= 11 is 0. The summed E-state index contributed by atoms with van der Waals surface area (Å²) < 4.78 is 42.1. The lowest BCUT2D eigenvalue weighted by Gasteiger charge is -2.11. The lowest BCUT2D eigenvalue weighted by Crippen LogP contribution is -2.25. The monoisotopic (exact) mass is 416 g/mol. The summed E-state index contributed by atoms with van der Waals surface area (Å²) in [5, 5.41) is 2.39. The molecule has 8 heteroatoms. The smallest absolute Gasteiger partial charge is 0.406 e. The number of hydrogen-bond acceptors (Lipinski definition) is 3. The summed E-state index contributed by atoms with van der Waals surface area (Å²) in [7, 11) is 0. The predicted molar refractivity (Wildman–Crippen MR) is 106 cm³/mol. The Hall–Kier alpha value is -3.55. The Morgan fingerprint density at radius 2 is 1.70 bits per heavy atom. The summed E-state index contributed by atoms with van der Waals surface area (Å²) in [4.78, 5) is 24.9. The van der Waals surface area contributed by atoms with Gasteiger partial charge in [0.1, 0.15) is 5.75 Å². The van der Waals surface area contributed by atoms with Crippen LogP contribution in [0.4, 0.5) is 18.9 Å². The highest BCUT2D eigenvalue weighted by Gasteiger charge is 2.31. The first-order valence-electron chi connectivity index (χ1n) is 9.05. The van der Waals surface area contributed by atoms with Crippen molar-refractivity contribution >= 4 is 17.4 Å². The number of hydrogen-bond donors (Lipinski definition) is 1. The number of Topliss-reactive ketones (excluding diaryl/α,β-unsaturated/α-hetero) is 1. The number of nitrogens with zero attached hydrogens (tertiary/aromatic N) is 1. The van der Waals surface area contributed by atoms with Gasteiger partial charge < -0.3 is 14.6 Å². The second kappa shape index (κ2) is 8.44. The molecule has 0 unspecified atom stereocenters. The molecule has 0 aliphatic heterocycles. The van der Waals surface area contributed by atoms with Gasteiger partial charge in [-0.15, -0.1) is 13.2 Å². The normalized spacial score (nSPS) is 11.2. The highest BCUT2D eigenvalue weighted by atomic mass is 19.4. The Labute approximate surface area is 171 Å². The van der Waals surface area contributed by atoms with Crippen LogP contribution in [0.5, 0.6) is 5.75 Å². The largest absolute Gasteiger partial charge is 0.573 e. The van der Waals surface area contributed by atoms with Crippen LogP contribution < -0.4 is 10.1 Å². The van der Waals surface area contributed by atoms with E-state index in [1.165, 1.54) is 12.1 Å². The first-order chi connectivity index (χ1) is 14.1. The third-order valence-electron chi connectivity index (χ3n) is 4.54. The number of benzene rings is 2. The molecule has 0 aliphatic rings. The summed E-state index contributed by atoms with van der Waals surface area (Å²) in [5.41, 5.74) is 3.67. The molecule has 3 rings (SSSR count). The molecule has 0 saturated carbocycles. The third kappa shape index (κ3) is 5.28. The lowest BCUT2D eigenvalue weighted by molar-refractivity contribution is -0.274. The van der Waals surface area contributed by atoms with Crippen LogP contribution >= 0.6 is 0 Å². The highest BCUT2D eigenvalue weighted by molar-refractivity contribution is 6.46. The van der Waals surface area contributed by atoms with Gasteiger partial charge in [-0.3, -0.25) is 9.59 Å². The van der Waals surface area contributed by atoms with E-state index in [4.69, 9.17) is 0 Å². The van der Waals surface area contributed by atoms with Crippen molar-refractivity contribution in [1.82, 2.24) is 4.57 Å². The van der Waals surface area contributed by atoms with E-state index in [0.717, 1.165) is 28.8 Å². The van der Waals surface area contributed by atoms with E-state index in [1.54, 1.807) is 22.9 Å². The molecule has 0 atom stereocenters. The molecule has 0 fully saturated rings. The first kappa shape index (κ1) is 21.2. The van der Waals surface area contributed by atoms with Crippen molar-refractivity contribution in [2.24, 2.45) is 0 Å². The van der Waals surface area contributed by atoms with Crippen molar-refractivity contribution in [3.63, 3.8) is 0 Å². The van der Waals surface area contributed by atoms with Gasteiger partial charge in [0, 0.05) is 18.4 Å². The molecule has 1 aromatic heterocycles. The van der Waals surface area contributed by atoms with Gasteiger partial charge in [0.2, 0.25) is 0 Å². The quantitative estimate of drug-likeness (QED) is 0.461. The average molecular weight is 416 g/mol. The molecular weight excluding hydrogens is 397 g/mol. The van der Waals surface area contributed by atoms with Gasteiger partial charge in [0.05, 0.1) is 5.69 Å². The van der Waals surface area contributed by atoms with Gasteiger partial charge >= 0.3 is 6.36 Å². The second-order valence-corrected chi connectivity index (χ2v) is 6.80. The van der Waals surface area contributed by atoms with Crippen LogP contribution in [0.1, 0.15) is 27.2 Å². The molecule has 156 valence electrons. The van der Waals surface area contributed by atoms with Crippen molar-refractivity contribution in [3.05, 3.63) is 83.2 Å². The number of anilines is 1.